The van der Waals surface area contributed by atoms with E-state index in [1.807, 2.05) is 26.0 Å². The van der Waals surface area contributed by atoms with Gasteiger partial charge in [0.2, 0.25) is 0 Å². The van der Waals surface area contributed by atoms with Gasteiger partial charge in [0.15, 0.2) is 11.5 Å². The third-order valence-electron chi connectivity index (χ3n) is 5.08. The van der Waals surface area contributed by atoms with Crippen molar-refractivity contribution in [2.24, 2.45) is 5.10 Å². The van der Waals surface area contributed by atoms with Gasteiger partial charge in [-0.25, -0.2) is 10.2 Å². The molecular formula is C28H29N3O6. The molecule has 3 rings (SSSR count). The van der Waals surface area contributed by atoms with Crippen molar-refractivity contribution in [3.8, 4) is 17.2 Å². The SMILES string of the molecule is CCCOc1ccc(C(=O)NCC(=O)N/N=C/c2ccc(OC(=O)c3ccc(C)cc3)c(OC)c2)cc1. The first-order valence-corrected chi connectivity index (χ1v) is 11.7. The lowest BCUT2D eigenvalue weighted by Crippen LogP contribution is -2.34. The van der Waals surface area contributed by atoms with Crippen molar-refractivity contribution in [1.82, 2.24) is 10.7 Å². The quantitative estimate of drug-likeness (QED) is 0.178. The molecule has 2 N–H and O–H groups in total. The minimum Gasteiger partial charge on any atom is -0.494 e. The van der Waals surface area contributed by atoms with Crippen molar-refractivity contribution in [2.45, 2.75) is 20.3 Å². The molecule has 0 fully saturated rings. The van der Waals surface area contributed by atoms with E-state index in [1.54, 1.807) is 54.6 Å². The zero-order valence-electron chi connectivity index (χ0n) is 20.9. The molecule has 192 valence electrons. The van der Waals surface area contributed by atoms with Crippen LogP contribution < -0.4 is 25.0 Å². The molecule has 0 unspecified atom stereocenters. The van der Waals surface area contributed by atoms with Crippen molar-refractivity contribution in [1.29, 1.82) is 0 Å². The number of carbonyl (C=O) groups excluding carboxylic acids is 3. The summed E-state index contributed by atoms with van der Waals surface area (Å²) in [5.74, 6) is -0.129. The molecule has 0 spiro atoms. The minimum absolute atomic E-state index is 0.249. The third-order valence-corrected chi connectivity index (χ3v) is 5.08. The van der Waals surface area contributed by atoms with Crippen LogP contribution in [0.2, 0.25) is 0 Å². The Labute approximate surface area is 215 Å². The van der Waals surface area contributed by atoms with Crippen molar-refractivity contribution in [3.05, 3.63) is 89.0 Å². The molecular weight excluding hydrogens is 474 g/mol. The second-order valence-corrected chi connectivity index (χ2v) is 8.01. The number of esters is 1. The van der Waals surface area contributed by atoms with Crippen molar-refractivity contribution in [2.75, 3.05) is 20.3 Å². The molecule has 9 heteroatoms. The first-order valence-electron chi connectivity index (χ1n) is 11.7. The molecule has 0 aliphatic rings. The lowest BCUT2D eigenvalue weighted by molar-refractivity contribution is -0.120. The molecule has 9 nitrogen and oxygen atoms in total. The van der Waals surface area contributed by atoms with Crippen LogP contribution >= 0.6 is 0 Å². The monoisotopic (exact) mass is 503 g/mol. The Hall–Kier alpha value is -4.66. The standard InChI is InChI=1S/C28H29N3O6/c1-4-15-36-23-12-10-21(11-13-23)27(33)29-18-26(32)31-30-17-20-7-14-24(25(16-20)35-3)37-28(34)22-8-5-19(2)6-9-22/h5-14,16-17H,4,15,18H2,1-3H3,(H,29,33)(H,31,32)/b30-17+. The number of carbonyl (C=O) groups is 3. The summed E-state index contributed by atoms with van der Waals surface area (Å²) in [6.07, 6.45) is 2.30. The molecule has 0 atom stereocenters. The molecule has 3 aromatic carbocycles. The number of nitrogens with zero attached hydrogens (tertiary/aromatic N) is 1. The van der Waals surface area contributed by atoms with E-state index in [9.17, 15) is 14.4 Å². The smallest absolute Gasteiger partial charge is 0.343 e. The zero-order valence-corrected chi connectivity index (χ0v) is 20.9. The van der Waals surface area contributed by atoms with Crippen LogP contribution in [0.3, 0.4) is 0 Å². The number of amides is 2. The maximum atomic E-state index is 12.4. The average Bonchev–Trinajstić information content (AvgIpc) is 2.91. The molecule has 2 amide bonds. The van der Waals surface area contributed by atoms with Gasteiger partial charge in [0.1, 0.15) is 5.75 Å². The summed E-state index contributed by atoms with van der Waals surface area (Å²) in [6.45, 7) is 4.30. The van der Waals surface area contributed by atoms with E-state index in [4.69, 9.17) is 14.2 Å². The lowest BCUT2D eigenvalue weighted by Gasteiger charge is -2.10. The van der Waals surface area contributed by atoms with Crippen molar-refractivity contribution >= 4 is 24.0 Å². The summed E-state index contributed by atoms with van der Waals surface area (Å²) in [7, 11) is 1.45. The fourth-order valence-corrected chi connectivity index (χ4v) is 3.10. The average molecular weight is 504 g/mol. The molecule has 0 saturated carbocycles. The minimum atomic E-state index is -0.505. The summed E-state index contributed by atoms with van der Waals surface area (Å²) in [6, 6.07) is 18.6. The first kappa shape index (κ1) is 26.9. The Bertz CT molecular complexity index is 1250. The summed E-state index contributed by atoms with van der Waals surface area (Å²) in [5.41, 5.74) is 4.82. The first-order chi connectivity index (χ1) is 17.9. The van der Waals surface area contributed by atoms with Gasteiger partial charge < -0.3 is 19.5 Å². The van der Waals surface area contributed by atoms with E-state index in [1.165, 1.54) is 13.3 Å². The molecule has 0 heterocycles. The number of hydrazone groups is 1. The number of hydrogen-bond acceptors (Lipinski definition) is 7. The molecule has 37 heavy (non-hydrogen) atoms. The largest absolute Gasteiger partial charge is 0.494 e. The summed E-state index contributed by atoms with van der Waals surface area (Å²) in [4.78, 5) is 36.7. The Kier molecular flexibility index (Phi) is 9.78. The zero-order chi connectivity index (χ0) is 26.6. The van der Waals surface area contributed by atoms with Gasteiger partial charge in [0, 0.05) is 5.56 Å². The van der Waals surface area contributed by atoms with E-state index in [-0.39, 0.29) is 18.2 Å². The van der Waals surface area contributed by atoms with Crippen LogP contribution in [0.5, 0.6) is 17.2 Å². The van der Waals surface area contributed by atoms with Gasteiger partial charge in [0.05, 0.1) is 32.0 Å². The van der Waals surface area contributed by atoms with Crippen LogP contribution in [0.25, 0.3) is 0 Å². The number of hydrogen-bond donors (Lipinski definition) is 2. The third kappa shape index (κ3) is 8.21. The molecule has 0 aliphatic heterocycles. The van der Waals surface area contributed by atoms with E-state index < -0.39 is 11.9 Å². The van der Waals surface area contributed by atoms with Crippen LogP contribution in [-0.2, 0) is 4.79 Å². The Morgan fingerprint density at radius 1 is 0.919 bits per heavy atom. The maximum absolute atomic E-state index is 12.4. The van der Waals surface area contributed by atoms with Crippen LogP contribution in [-0.4, -0.2) is 44.3 Å². The van der Waals surface area contributed by atoms with Crippen LogP contribution in [0.4, 0.5) is 0 Å². The Morgan fingerprint density at radius 3 is 2.30 bits per heavy atom. The fraction of sp³-hybridized carbons (Fsp3) is 0.214. The van der Waals surface area contributed by atoms with Gasteiger partial charge in [-0.15, -0.1) is 0 Å². The fourth-order valence-electron chi connectivity index (χ4n) is 3.10. The Morgan fingerprint density at radius 2 is 1.62 bits per heavy atom. The maximum Gasteiger partial charge on any atom is 0.343 e. The number of methoxy groups -OCH3 is 1. The highest BCUT2D eigenvalue weighted by molar-refractivity contribution is 5.96. The van der Waals surface area contributed by atoms with Gasteiger partial charge in [-0.05, 0) is 73.5 Å². The summed E-state index contributed by atoms with van der Waals surface area (Å²) < 4.78 is 16.3. The number of aryl methyl sites for hydroxylation is 1. The number of nitrogens with one attached hydrogen (secondary N) is 2. The summed E-state index contributed by atoms with van der Waals surface area (Å²) in [5, 5.41) is 6.43. The molecule has 0 saturated heterocycles. The van der Waals surface area contributed by atoms with Crippen LogP contribution in [0.15, 0.2) is 71.8 Å². The highest BCUT2D eigenvalue weighted by atomic mass is 16.6. The van der Waals surface area contributed by atoms with Gasteiger partial charge >= 0.3 is 5.97 Å². The van der Waals surface area contributed by atoms with Gasteiger partial charge in [-0.1, -0.05) is 24.6 Å². The van der Waals surface area contributed by atoms with Gasteiger partial charge in [-0.2, -0.15) is 5.10 Å². The van der Waals surface area contributed by atoms with E-state index >= 15 is 0 Å². The van der Waals surface area contributed by atoms with Crippen LogP contribution in [0, 0.1) is 6.92 Å². The van der Waals surface area contributed by atoms with E-state index in [0.717, 1.165) is 12.0 Å². The van der Waals surface area contributed by atoms with E-state index in [2.05, 4.69) is 15.8 Å². The van der Waals surface area contributed by atoms with E-state index in [0.29, 0.717) is 34.8 Å². The second kappa shape index (κ2) is 13.4. The van der Waals surface area contributed by atoms with Crippen molar-refractivity contribution in [3.63, 3.8) is 0 Å². The second-order valence-electron chi connectivity index (χ2n) is 8.01. The predicted molar refractivity (Wildman–Crippen MR) is 139 cm³/mol. The highest BCUT2D eigenvalue weighted by Crippen LogP contribution is 2.28. The van der Waals surface area contributed by atoms with Crippen LogP contribution in [0.1, 0.15) is 45.2 Å². The molecule has 3 aromatic rings. The molecule has 0 aliphatic carbocycles. The van der Waals surface area contributed by atoms with Gasteiger partial charge in [0.25, 0.3) is 11.8 Å². The Balaban J connectivity index is 1.49. The topological polar surface area (TPSA) is 115 Å². The normalized spacial score (nSPS) is 10.6. The number of rotatable bonds is 11. The highest BCUT2D eigenvalue weighted by Gasteiger charge is 2.13. The number of benzene rings is 3. The lowest BCUT2D eigenvalue weighted by atomic mass is 10.1. The number of ether oxygens (including phenoxy) is 3. The predicted octanol–water partition coefficient (Wildman–Crippen LogP) is 3.89. The molecule has 0 aromatic heterocycles. The van der Waals surface area contributed by atoms with Gasteiger partial charge in [-0.3, -0.25) is 9.59 Å². The molecule has 0 radical (unpaired) electrons. The summed E-state index contributed by atoms with van der Waals surface area (Å²) >= 11 is 0. The molecule has 0 bridgehead atoms. The van der Waals surface area contributed by atoms with Crippen molar-refractivity contribution < 1.29 is 28.6 Å².